The van der Waals surface area contributed by atoms with Crippen molar-refractivity contribution >= 4 is 11.6 Å². The molecule has 2 aliphatic rings. The molecule has 0 unspecified atom stereocenters. The van der Waals surface area contributed by atoms with Crippen LogP contribution in [-0.4, -0.2) is 28.1 Å². The lowest BCUT2D eigenvalue weighted by Gasteiger charge is -2.38. The highest BCUT2D eigenvalue weighted by molar-refractivity contribution is 6.01. The summed E-state index contributed by atoms with van der Waals surface area (Å²) in [5.41, 5.74) is 3.49. The third-order valence-electron chi connectivity index (χ3n) is 5.10. The Hall–Kier alpha value is -2.44. The first-order valence-electron chi connectivity index (χ1n) is 8.68. The Kier molecular flexibility index (Phi) is 3.78. The SMILES string of the molecule is Cc1cc([C@H]2Nc3ccccc3C(=O)N2CC(F)(F)F)c(C)n1C1CC1. The molecule has 4 rings (SSSR count). The van der Waals surface area contributed by atoms with Crippen molar-refractivity contribution in [2.24, 2.45) is 0 Å². The molecule has 4 nitrogen and oxygen atoms in total. The van der Waals surface area contributed by atoms with E-state index in [-0.39, 0.29) is 5.56 Å². The van der Waals surface area contributed by atoms with Crippen LogP contribution in [0.1, 0.15) is 52.4 Å². The first kappa shape index (κ1) is 17.0. The largest absolute Gasteiger partial charge is 0.406 e. The number of nitrogens with zero attached hydrogens (tertiary/aromatic N) is 2. The van der Waals surface area contributed by atoms with Gasteiger partial charge in [-0.05, 0) is 44.9 Å². The van der Waals surface area contributed by atoms with E-state index in [2.05, 4.69) is 9.88 Å². The number of alkyl halides is 3. The van der Waals surface area contributed by atoms with E-state index in [0.717, 1.165) is 34.7 Å². The number of rotatable bonds is 3. The topological polar surface area (TPSA) is 37.3 Å². The first-order chi connectivity index (χ1) is 12.3. The number of amides is 1. The molecule has 0 bridgehead atoms. The van der Waals surface area contributed by atoms with Crippen molar-refractivity contribution in [3.05, 3.63) is 52.8 Å². The summed E-state index contributed by atoms with van der Waals surface area (Å²) in [4.78, 5) is 13.7. The fraction of sp³-hybridized carbons (Fsp3) is 0.421. The smallest absolute Gasteiger partial charge is 0.361 e. The van der Waals surface area contributed by atoms with Crippen molar-refractivity contribution in [2.45, 2.75) is 45.1 Å². The highest BCUT2D eigenvalue weighted by atomic mass is 19.4. The van der Waals surface area contributed by atoms with E-state index in [0.29, 0.717) is 11.7 Å². The van der Waals surface area contributed by atoms with Crippen LogP contribution in [0, 0.1) is 13.8 Å². The number of carbonyl (C=O) groups excluding carboxylic acids is 1. The molecule has 1 aliphatic carbocycles. The summed E-state index contributed by atoms with van der Waals surface area (Å²) in [6.07, 6.45) is -3.13. The third-order valence-corrected chi connectivity index (χ3v) is 5.10. The van der Waals surface area contributed by atoms with Gasteiger partial charge in [-0.1, -0.05) is 12.1 Å². The van der Waals surface area contributed by atoms with E-state index in [9.17, 15) is 18.0 Å². The molecule has 1 amide bonds. The minimum absolute atomic E-state index is 0.268. The van der Waals surface area contributed by atoms with Crippen molar-refractivity contribution in [1.82, 2.24) is 9.47 Å². The summed E-state index contributed by atoms with van der Waals surface area (Å²) in [5, 5.41) is 3.15. The average Bonchev–Trinajstić information content (AvgIpc) is 3.35. The van der Waals surface area contributed by atoms with Crippen LogP contribution in [-0.2, 0) is 0 Å². The number of hydrogen-bond donors (Lipinski definition) is 1. The minimum Gasteiger partial charge on any atom is -0.361 e. The maximum absolute atomic E-state index is 13.2. The molecule has 26 heavy (non-hydrogen) atoms. The van der Waals surface area contributed by atoms with E-state index < -0.39 is 24.8 Å². The van der Waals surface area contributed by atoms with E-state index in [4.69, 9.17) is 0 Å². The van der Waals surface area contributed by atoms with Crippen LogP contribution < -0.4 is 5.32 Å². The van der Waals surface area contributed by atoms with Gasteiger partial charge in [-0.25, -0.2) is 0 Å². The number of benzene rings is 1. The number of hydrogen-bond acceptors (Lipinski definition) is 2. The summed E-state index contributed by atoms with van der Waals surface area (Å²) in [5.74, 6) is -0.599. The van der Waals surface area contributed by atoms with Crippen LogP contribution >= 0.6 is 0 Å². The molecular formula is C19H20F3N3O. The minimum atomic E-state index is -4.47. The van der Waals surface area contributed by atoms with Gasteiger partial charge in [0.2, 0.25) is 0 Å². The van der Waals surface area contributed by atoms with Gasteiger partial charge in [0.25, 0.3) is 5.91 Å². The molecule has 1 saturated carbocycles. The molecular weight excluding hydrogens is 343 g/mol. The second-order valence-electron chi connectivity index (χ2n) is 7.07. The summed E-state index contributed by atoms with van der Waals surface area (Å²) < 4.78 is 41.7. The number of aryl methyl sites for hydroxylation is 1. The molecule has 0 saturated heterocycles. The van der Waals surface area contributed by atoms with Crippen LogP contribution in [0.5, 0.6) is 0 Å². The van der Waals surface area contributed by atoms with Gasteiger partial charge >= 0.3 is 6.18 Å². The normalized spacial score (nSPS) is 20.1. The van der Waals surface area contributed by atoms with Crippen molar-refractivity contribution < 1.29 is 18.0 Å². The maximum atomic E-state index is 13.2. The molecule has 1 aromatic carbocycles. The monoisotopic (exact) mass is 363 g/mol. The van der Waals surface area contributed by atoms with Gasteiger partial charge in [0.15, 0.2) is 0 Å². The van der Waals surface area contributed by atoms with Crippen LogP contribution in [0.3, 0.4) is 0 Å². The zero-order valence-electron chi connectivity index (χ0n) is 14.6. The summed E-state index contributed by atoms with van der Waals surface area (Å²) in [6, 6.07) is 9.03. The molecule has 0 spiro atoms. The third kappa shape index (κ3) is 2.85. The number of fused-ring (bicyclic) bond motifs is 1. The van der Waals surface area contributed by atoms with Crippen molar-refractivity contribution in [2.75, 3.05) is 11.9 Å². The number of anilines is 1. The van der Waals surface area contributed by atoms with Crippen molar-refractivity contribution in [3.8, 4) is 0 Å². The molecule has 0 radical (unpaired) electrons. The van der Waals surface area contributed by atoms with Gasteiger partial charge in [-0.3, -0.25) is 4.79 Å². The Morgan fingerprint density at radius 2 is 1.88 bits per heavy atom. The molecule has 1 N–H and O–H groups in total. The highest BCUT2D eigenvalue weighted by Crippen LogP contribution is 2.42. The number of carbonyl (C=O) groups is 1. The number of halogens is 3. The molecule has 1 aromatic heterocycles. The Morgan fingerprint density at radius 1 is 1.19 bits per heavy atom. The lowest BCUT2D eigenvalue weighted by molar-refractivity contribution is -0.144. The Morgan fingerprint density at radius 3 is 2.54 bits per heavy atom. The number of aromatic nitrogens is 1. The van der Waals surface area contributed by atoms with Gasteiger partial charge in [-0.2, -0.15) is 13.2 Å². The van der Waals surface area contributed by atoms with Gasteiger partial charge in [0.05, 0.1) is 5.56 Å². The standard InChI is InChI=1S/C19H20F3N3O/c1-11-9-15(12(2)25(11)13-7-8-13)17-23-16-6-4-3-5-14(16)18(26)24(17)10-19(20,21)22/h3-6,9,13,17,23H,7-8,10H2,1-2H3/t17-/m0/s1. The van der Waals surface area contributed by atoms with Gasteiger partial charge < -0.3 is 14.8 Å². The Balaban J connectivity index is 1.80. The summed E-state index contributed by atoms with van der Waals surface area (Å²) in [7, 11) is 0. The molecule has 7 heteroatoms. The number of nitrogens with one attached hydrogen (secondary N) is 1. The first-order valence-corrected chi connectivity index (χ1v) is 8.68. The molecule has 2 aromatic rings. The predicted octanol–water partition coefficient (Wildman–Crippen LogP) is 4.57. The molecule has 2 heterocycles. The second kappa shape index (κ2) is 5.79. The second-order valence-corrected chi connectivity index (χ2v) is 7.07. The zero-order valence-corrected chi connectivity index (χ0v) is 14.6. The zero-order chi connectivity index (χ0) is 18.6. The quantitative estimate of drug-likeness (QED) is 0.867. The Bertz CT molecular complexity index is 867. The van der Waals surface area contributed by atoms with E-state index in [1.165, 1.54) is 0 Å². The lowest BCUT2D eigenvalue weighted by atomic mass is 10.0. The highest BCUT2D eigenvalue weighted by Gasteiger charge is 2.42. The summed E-state index contributed by atoms with van der Waals surface area (Å²) in [6.45, 7) is 2.59. The van der Waals surface area contributed by atoms with Crippen LogP contribution in [0.4, 0.5) is 18.9 Å². The molecule has 1 fully saturated rings. The molecule has 1 atom stereocenters. The van der Waals surface area contributed by atoms with Gasteiger partial charge in [-0.15, -0.1) is 0 Å². The van der Waals surface area contributed by atoms with Crippen LogP contribution in [0.25, 0.3) is 0 Å². The van der Waals surface area contributed by atoms with Gasteiger partial charge in [0.1, 0.15) is 12.7 Å². The lowest BCUT2D eigenvalue weighted by Crippen LogP contribution is -2.47. The van der Waals surface area contributed by atoms with E-state index in [1.807, 2.05) is 19.9 Å². The average molecular weight is 363 g/mol. The van der Waals surface area contributed by atoms with Crippen molar-refractivity contribution in [1.29, 1.82) is 0 Å². The van der Waals surface area contributed by atoms with E-state index >= 15 is 0 Å². The maximum Gasteiger partial charge on any atom is 0.406 e. The molecule has 138 valence electrons. The Labute approximate surface area is 149 Å². The predicted molar refractivity (Wildman–Crippen MR) is 92.1 cm³/mol. The fourth-order valence-electron chi connectivity index (χ4n) is 3.87. The van der Waals surface area contributed by atoms with Crippen LogP contribution in [0.15, 0.2) is 30.3 Å². The number of para-hydroxylation sites is 1. The summed E-state index contributed by atoms with van der Waals surface area (Å²) >= 11 is 0. The van der Waals surface area contributed by atoms with Gasteiger partial charge in [0, 0.05) is 28.7 Å². The molecule has 1 aliphatic heterocycles. The van der Waals surface area contributed by atoms with Crippen molar-refractivity contribution in [3.63, 3.8) is 0 Å². The van der Waals surface area contributed by atoms with E-state index in [1.54, 1.807) is 24.3 Å². The fourth-order valence-corrected chi connectivity index (χ4v) is 3.87. The van der Waals surface area contributed by atoms with Crippen LogP contribution in [0.2, 0.25) is 0 Å².